The lowest BCUT2D eigenvalue weighted by Crippen LogP contribution is -2.08. The zero-order valence-corrected chi connectivity index (χ0v) is 11.7. The minimum absolute atomic E-state index is 0.0546. The van der Waals surface area contributed by atoms with E-state index in [1.54, 1.807) is 18.4 Å². The van der Waals surface area contributed by atoms with E-state index in [1.165, 1.54) is 6.92 Å². The maximum Gasteiger partial charge on any atom is 0.221 e. The Hall–Kier alpha value is -2.01. The molecule has 0 aliphatic rings. The van der Waals surface area contributed by atoms with Crippen molar-refractivity contribution in [2.24, 2.45) is 0 Å². The van der Waals surface area contributed by atoms with Crippen LogP contribution in [0.4, 0.5) is 11.4 Å². The number of thiophene rings is 1. The predicted molar refractivity (Wildman–Crippen MR) is 78.9 cm³/mol. The van der Waals surface area contributed by atoms with Crippen LogP contribution in [0.25, 0.3) is 0 Å². The molecule has 2 aromatic rings. The molecule has 0 aliphatic heterocycles. The zero-order valence-electron chi connectivity index (χ0n) is 10.9. The molecule has 0 fully saturated rings. The molecule has 0 spiro atoms. The van der Waals surface area contributed by atoms with E-state index in [0.29, 0.717) is 6.54 Å². The van der Waals surface area contributed by atoms with Gasteiger partial charge in [-0.1, -0.05) is 6.07 Å². The predicted octanol–water partition coefficient (Wildman–Crippen LogP) is 3.33. The van der Waals surface area contributed by atoms with Gasteiger partial charge in [0.1, 0.15) is 5.75 Å². The van der Waals surface area contributed by atoms with Crippen LogP contribution in [0.5, 0.6) is 5.75 Å². The summed E-state index contributed by atoms with van der Waals surface area (Å²) in [5, 5.41) is 8.10. The number of ether oxygens (including phenoxy) is 1. The van der Waals surface area contributed by atoms with Crippen LogP contribution in [0.1, 0.15) is 11.8 Å². The molecule has 0 saturated heterocycles. The van der Waals surface area contributed by atoms with Crippen molar-refractivity contribution in [3.05, 3.63) is 40.6 Å². The standard InChI is InChI=1S/C14H16N2O2S/c1-10(17)16-13-6-7-19-14(13)9-15-11-4-3-5-12(8-11)18-2/h3-8,15H,9H2,1-2H3,(H,16,17). The van der Waals surface area contributed by atoms with Gasteiger partial charge in [-0.2, -0.15) is 0 Å². The molecule has 0 unspecified atom stereocenters. The number of carbonyl (C=O) groups is 1. The van der Waals surface area contributed by atoms with E-state index < -0.39 is 0 Å². The first-order chi connectivity index (χ1) is 9.19. The molecular weight excluding hydrogens is 260 g/mol. The first kappa shape index (κ1) is 13.4. The van der Waals surface area contributed by atoms with Crippen molar-refractivity contribution in [2.75, 3.05) is 17.7 Å². The number of amides is 1. The Kier molecular flexibility index (Phi) is 4.41. The molecule has 1 aromatic carbocycles. The van der Waals surface area contributed by atoms with Crippen molar-refractivity contribution in [3.63, 3.8) is 0 Å². The monoisotopic (exact) mass is 276 g/mol. The summed E-state index contributed by atoms with van der Waals surface area (Å²) in [6.45, 7) is 2.18. The molecule has 0 aliphatic carbocycles. The van der Waals surface area contributed by atoms with E-state index in [2.05, 4.69) is 10.6 Å². The van der Waals surface area contributed by atoms with Crippen LogP contribution in [-0.2, 0) is 11.3 Å². The fraction of sp³-hybridized carbons (Fsp3) is 0.214. The molecule has 5 heteroatoms. The molecular formula is C14H16N2O2S. The molecule has 4 nitrogen and oxygen atoms in total. The van der Waals surface area contributed by atoms with E-state index in [1.807, 2.05) is 35.7 Å². The molecule has 0 atom stereocenters. The second kappa shape index (κ2) is 6.24. The Balaban J connectivity index is 2.02. The van der Waals surface area contributed by atoms with E-state index in [0.717, 1.165) is 22.0 Å². The average molecular weight is 276 g/mol. The number of hydrogen-bond acceptors (Lipinski definition) is 4. The van der Waals surface area contributed by atoms with Crippen molar-refractivity contribution in [1.82, 2.24) is 0 Å². The lowest BCUT2D eigenvalue weighted by molar-refractivity contribution is -0.114. The highest BCUT2D eigenvalue weighted by molar-refractivity contribution is 7.10. The number of anilines is 2. The van der Waals surface area contributed by atoms with E-state index >= 15 is 0 Å². The summed E-state index contributed by atoms with van der Waals surface area (Å²) < 4.78 is 5.17. The highest BCUT2D eigenvalue weighted by atomic mass is 32.1. The van der Waals surface area contributed by atoms with Crippen LogP contribution in [0.15, 0.2) is 35.7 Å². The molecule has 1 amide bonds. The average Bonchev–Trinajstić information content (AvgIpc) is 2.83. The van der Waals surface area contributed by atoms with Gasteiger partial charge in [0.25, 0.3) is 0 Å². The smallest absolute Gasteiger partial charge is 0.221 e. The second-order valence-corrected chi connectivity index (χ2v) is 5.02. The Morgan fingerprint density at radius 1 is 1.37 bits per heavy atom. The van der Waals surface area contributed by atoms with E-state index in [9.17, 15) is 4.79 Å². The topological polar surface area (TPSA) is 50.4 Å². The summed E-state index contributed by atoms with van der Waals surface area (Å²) in [6, 6.07) is 9.66. The first-order valence-corrected chi connectivity index (χ1v) is 6.79. The fourth-order valence-electron chi connectivity index (χ4n) is 1.69. The van der Waals surface area contributed by atoms with Gasteiger partial charge in [-0.3, -0.25) is 4.79 Å². The van der Waals surface area contributed by atoms with Gasteiger partial charge in [-0.15, -0.1) is 11.3 Å². The summed E-state index contributed by atoms with van der Waals surface area (Å²) in [7, 11) is 1.65. The largest absolute Gasteiger partial charge is 0.497 e. The summed E-state index contributed by atoms with van der Waals surface area (Å²) in [5.74, 6) is 0.763. The zero-order chi connectivity index (χ0) is 13.7. The van der Waals surface area contributed by atoms with Crippen molar-refractivity contribution >= 4 is 28.6 Å². The van der Waals surface area contributed by atoms with Gasteiger partial charge < -0.3 is 15.4 Å². The van der Waals surface area contributed by atoms with E-state index in [4.69, 9.17) is 4.74 Å². The number of rotatable bonds is 5. The van der Waals surface area contributed by atoms with Crippen LogP contribution >= 0.6 is 11.3 Å². The van der Waals surface area contributed by atoms with Gasteiger partial charge in [0.15, 0.2) is 0 Å². The summed E-state index contributed by atoms with van der Waals surface area (Å²) >= 11 is 1.61. The number of benzene rings is 1. The second-order valence-electron chi connectivity index (χ2n) is 4.02. The SMILES string of the molecule is COc1cccc(NCc2sccc2NC(C)=O)c1. The Morgan fingerprint density at radius 3 is 2.95 bits per heavy atom. The molecule has 1 aromatic heterocycles. The van der Waals surface area contributed by atoms with Crippen LogP contribution in [0, 0.1) is 0 Å². The molecule has 100 valence electrons. The summed E-state index contributed by atoms with van der Waals surface area (Å²) in [4.78, 5) is 12.2. The molecule has 0 bridgehead atoms. The Morgan fingerprint density at radius 2 is 2.21 bits per heavy atom. The molecule has 1 heterocycles. The van der Waals surface area contributed by atoms with Crippen molar-refractivity contribution in [1.29, 1.82) is 0 Å². The van der Waals surface area contributed by atoms with Crippen molar-refractivity contribution in [2.45, 2.75) is 13.5 Å². The maximum atomic E-state index is 11.1. The maximum absolute atomic E-state index is 11.1. The number of nitrogens with one attached hydrogen (secondary N) is 2. The van der Waals surface area contributed by atoms with Crippen LogP contribution in [-0.4, -0.2) is 13.0 Å². The van der Waals surface area contributed by atoms with Crippen LogP contribution < -0.4 is 15.4 Å². The number of methoxy groups -OCH3 is 1. The molecule has 0 saturated carbocycles. The first-order valence-electron chi connectivity index (χ1n) is 5.91. The third-order valence-electron chi connectivity index (χ3n) is 2.58. The highest BCUT2D eigenvalue weighted by Crippen LogP contribution is 2.24. The molecule has 2 rings (SSSR count). The van der Waals surface area contributed by atoms with Gasteiger partial charge >= 0.3 is 0 Å². The summed E-state index contributed by atoms with van der Waals surface area (Å²) in [6.07, 6.45) is 0. The molecule has 0 radical (unpaired) electrons. The van der Waals surface area contributed by atoms with Gasteiger partial charge in [0.2, 0.25) is 5.91 Å². The van der Waals surface area contributed by atoms with Crippen LogP contribution in [0.3, 0.4) is 0 Å². The van der Waals surface area contributed by atoms with Gasteiger partial charge in [0.05, 0.1) is 19.3 Å². The lowest BCUT2D eigenvalue weighted by atomic mass is 10.3. The number of hydrogen-bond donors (Lipinski definition) is 2. The summed E-state index contributed by atoms with van der Waals surface area (Å²) in [5.41, 5.74) is 1.86. The fourth-order valence-corrected chi connectivity index (χ4v) is 2.46. The molecule has 19 heavy (non-hydrogen) atoms. The van der Waals surface area contributed by atoms with Crippen molar-refractivity contribution in [3.8, 4) is 5.75 Å². The Bertz CT molecular complexity index is 566. The highest BCUT2D eigenvalue weighted by Gasteiger charge is 2.05. The van der Waals surface area contributed by atoms with Gasteiger partial charge in [-0.05, 0) is 23.6 Å². The third kappa shape index (κ3) is 3.72. The third-order valence-corrected chi connectivity index (χ3v) is 3.50. The van der Waals surface area contributed by atoms with Crippen molar-refractivity contribution < 1.29 is 9.53 Å². The number of carbonyl (C=O) groups excluding carboxylic acids is 1. The normalized spacial score (nSPS) is 10.0. The lowest BCUT2D eigenvalue weighted by Gasteiger charge is -2.09. The van der Waals surface area contributed by atoms with Gasteiger partial charge in [-0.25, -0.2) is 0 Å². The molecule has 2 N–H and O–H groups in total. The van der Waals surface area contributed by atoms with Gasteiger partial charge in [0, 0.05) is 23.6 Å². The van der Waals surface area contributed by atoms with E-state index in [-0.39, 0.29) is 5.91 Å². The Labute approximate surface area is 116 Å². The minimum Gasteiger partial charge on any atom is -0.497 e. The minimum atomic E-state index is -0.0546. The quantitative estimate of drug-likeness (QED) is 0.880. The van der Waals surface area contributed by atoms with Crippen LogP contribution in [0.2, 0.25) is 0 Å².